The Morgan fingerprint density at radius 1 is 1.27 bits per heavy atom. The number of hydrogen-bond donors (Lipinski definition) is 1. The molecule has 0 aromatic carbocycles. The molecule has 1 N–H and O–H groups in total. The van der Waals surface area contributed by atoms with Gasteiger partial charge in [-0.2, -0.15) is 0 Å². The molecule has 0 bridgehead atoms. The van der Waals surface area contributed by atoms with Crippen LogP contribution in [0.25, 0.3) is 11.0 Å². The Labute approximate surface area is 127 Å². The molecule has 2 aromatic heterocycles. The topological polar surface area (TPSA) is 54.9 Å². The fraction of sp³-hybridized carbons (Fsp3) is 0.438. The molecule has 2 heterocycles. The van der Waals surface area contributed by atoms with Crippen LogP contribution in [-0.4, -0.2) is 28.3 Å². The largest absolute Gasteiger partial charge is 0.350 e. The van der Waals surface area contributed by atoms with Crippen LogP contribution in [-0.2, 0) is 0 Å². The summed E-state index contributed by atoms with van der Waals surface area (Å²) < 4.78 is 26.2. The van der Waals surface area contributed by atoms with Gasteiger partial charge in [0, 0.05) is 31.0 Å². The Morgan fingerprint density at radius 2 is 2.05 bits per heavy atom. The third kappa shape index (κ3) is 3.37. The number of fused-ring (bicyclic) bond motifs is 1. The van der Waals surface area contributed by atoms with Crippen LogP contribution in [0.4, 0.5) is 8.78 Å². The number of halogens is 2. The molecule has 1 aliphatic rings. The van der Waals surface area contributed by atoms with Crippen molar-refractivity contribution in [3.8, 4) is 0 Å². The van der Waals surface area contributed by atoms with Crippen LogP contribution in [0, 0.1) is 5.92 Å². The van der Waals surface area contributed by atoms with Gasteiger partial charge in [-0.15, -0.1) is 0 Å². The number of alkyl halides is 2. The third-order valence-corrected chi connectivity index (χ3v) is 4.08. The second kappa shape index (κ2) is 5.94. The second-order valence-corrected chi connectivity index (χ2v) is 5.76. The van der Waals surface area contributed by atoms with Gasteiger partial charge in [0.2, 0.25) is 5.92 Å². The molecule has 1 fully saturated rings. The van der Waals surface area contributed by atoms with Gasteiger partial charge in [-0.1, -0.05) is 0 Å². The maximum absolute atomic E-state index is 13.1. The Kier molecular flexibility index (Phi) is 4.00. The molecule has 4 nitrogen and oxygen atoms in total. The highest BCUT2D eigenvalue weighted by atomic mass is 19.3. The molecular weight excluding hydrogens is 288 g/mol. The van der Waals surface area contributed by atoms with Crippen molar-refractivity contribution in [2.45, 2.75) is 31.6 Å². The predicted molar refractivity (Wildman–Crippen MR) is 78.8 cm³/mol. The summed E-state index contributed by atoms with van der Waals surface area (Å²) in [6, 6.07) is 7.13. The lowest BCUT2D eigenvalue weighted by Gasteiger charge is -2.28. The summed E-state index contributed by atoms with van der Waals surface area (Å²) >= 11 is 0. The van der Waals surface area contributed by atoms with E-state index >= 15 is 0 Å². The highest BCUT2D eigenvalue weighted by Crippen LogP contribution is 2.35. The molecule has 0 aliphatic heterocycles. The molecule has 22 heavy (non-hydrogen) atoms. The van der Waals surface area contributed by atoms with Gasteiger partial charge >= 0.3 is 0 Å². The van der Waals surface area contributed by atoms with E-state index in [0.29, 0.717) is 30.7 Å². The van der Waals surface area contributed by atoms with Gasteiger partial charge < -0.3 is 5.32 Å². The van der Waals surface area contributed by atoms with Gasteiger partial charge in [0.25, 0.3) is 5.91 Å². The number of carbonyl (C=O) groups is 1. The van der Waals surface area contributed by atoms with E-state index in [1.807, 2.05) is 12.1 Å². The van der Waals surface area contributed by atoms with Crippen LogP contribution < -0.4 is 5.32 Å². The molecule has 0 radical (unpaired) electrons. The van der Waals surface area contributed by atoms with Crippen LogP contribution in [0.3, 0.4) is 0 Å². The monoisotopic (exact) mass is 305 g/mol. The maximum Gasteiger partial charge on any atom is 0.269 e. The Morgan fingerprint density at radius 3 is 2.82 bits per heavy atom. The average Bonchev–Trinajstić information content (AvgIpc) is 2.53. The number of pyridine rings is 2. The highest BCUT2D eigenvalue weighted by molar-refractivity contribution is 5.94. The van der Waals surface area contributed by atoms with Crippen LogP contribution >= 0.6 is 0 Å². The molecule has 2 aromatic rings. The van der Waals surface area contributed by atoms with E-state index in [2.05, 4.69) is 15.3 Å². The summed E-state index contributed by atoms with van der Waals surface area (Å²) in [5, 5.41) is 3.66. The Balaban J connectivity index is 1.59. The van der Waals surface area contributed by atoms with E-state index in [9.17, 15) is 13.6 Å². The van der Waals surface area contributed by atoms with Gasteiger partial charge in [-0.3, -0.25) is 4.79 Å². The second-order valence-electron chi connectivity index (χ2n) is 5.76. The smallest absolute Gasteiger partial charge is 0.269 e. The first kappa shape index (κ1) is 14.8. The molecule has 0 unspecified atom stereocenters. The zero-order valence-corrected chi connectivity index (χ0v) is 12.1. The maximum atomic E-state index is 13.1. The van der Waals surface area contributed by atoms with Gasteiger partial charge in [0.15, 0.2) is 5.65 Å². The van der Waals surface area contributed by atoms with Crippen LogP contribution in [0.1, 0.15) is 36.2 Å². The third-order valence-electron chi connectivity index (χ3n) is 4.08. The first-order chi connectivity index (χ1) is 10.5. The van der Waals surface area contributed by atoms with Crippen LogP contribution in [0.15, 0.2) is 30.5 Å². The van der Waals surface area contributed by atoms with E-state index in [1.165, 1.54) is 0 Å². The minimum atomic E-state index is -2.54. The molecule has 3 rings (SSSR count). The van der Waals surface area contributed by atoms with Crippen molar-refractivity contribution in [3.05, 3.63) is 36.2 Å². The van der Waals surface area contributed by atoms with E-state index in [0.717, 1.165) is 5.39 Å². The summed E-state index contributed by atoms with van der Waals surface area (Å²) in [5.74, 6) is -2.71. The fourth-order valence-electron chi connectivity index (χ4n) is 2.71. The summed E-state index contributed by atoms with van der Waals surface area (Å²) in [5.41, 5.74) is 0.819. The molecule has 1 saturated carbocycles. The van der Waals surface area contributed by atoms with Crippen molar-refractivity contribution in [2.75, 3.05) is 6.54 Å². The highest BCUT2D eigenvalue weighted by Gasteiger charge is 2.34. The number of nitrogens with one attached hydrogen (secondary N) is 1. The molecule has 0 spiro atoms. The SMILES string of the molecule is O=C(NCC1CCC(F)(F)CC1)c1ccc2cccnc2n1. The molecule has 0 saturated heterocycles. The number of amides is 1. The van der Waals surface area contributed by atoms with Crippen molar-refractivity contribution >= 4 is 16.9 Å². The van der Waals surface area contributed by atoms with Crippen molar-refractivity contribution in [2.24, 2.45) is 5.92 Å². The van der Waals surface area contributed by atoms with Crippen LogP contribution in [0.5, 0.6) is 0 Å². The number of hydrogen-bond acceptors (Lipinski definition) is 3. The number of rotatable bonds is 3. The fourth-order valence-corrected chi connectivity index (χ4v) is 2.71. The normalized spacial score (nSPS) is 18.3. The summed E-state index contributed by atoms with van der Waals surface area (Å²) in [6.45, 7) is 0.414. The van der Waals surface area contributed by atoms with Crippen molar-refractivity contribution in [3.63, 3.8) is 0 Å². The summed E-state index contributed by atoms with van der Waals surface area (Å²) in [4.78, 5) is 20.4. The van der Waals surface area contributed by atoms with Crippen molar-refractivity contribution in [1.29, 1.82) is 0 Å². The average molecular weight is 305 g/mol. The van der Waals surface area contributed by atoms with E-state index in [1.54, 1.807) is 18.3 Å². The van der Waals surface area contributed by atoms with Gasteiger partial charge in [0.1, 0.15) is 5.69 Å². The first-order valence-electron chi connectivity index (χ1n) is 7.41. The molecule has 1 amide bonds. The number of carbonyl (C=O) groups excluding carboxylic acids is 1. The van der Waals surface area contributed by atoms with Gasteiger partial charge in [-0.25, -0.2) is 18.7 Å². The number of nitrogens with zero attached hydrogens (tertiary/aromatic N) is 2. The number of aromatic nitrogens is 2. The van der Waals surface area contributed by atoms with Crippen molar-refractivity contribution < 1.29 is 13.6 Å². The predicted octanol–water partition coefficient (Wildman–Crippen LogP) is 3.19. The lowest BCUT2D eigenvalue weighted by molar-refractivity contribution is -0.0452. The van der Waals surface area contributed by atoms with Crippen molar-refractivity contribution in [1.82, 2.24) is 15.3 Å². The molecular formula is C16H17F2N3O. The molecule has 0 atom stereocenters. The Hall–Kier alpha value is -2.11. The standard InChI is InChI=1S/C16H17F2N3O/c17-16(18)7-5-11(6-8-16)10-20-15(22)13-4-3-12-2-1-9-19-14(12)21-13/h1-4,9,11H,5-8,10H2,(H,20,22). The zero-order chi connectivity index (χ0) is 15.6. The van der Waals surface area contributed by atoms with Gasteiger partial charge in [0.05, 0.1) is 0 Å². The van der Waals surface area contributed by atoms with Gasteiger partial charge in [-0.05, 0) is 43.0 Å². The van der Waals surface area contributed by atoms with E-state index in [-0.39, 0.29) is 24.7 Å². The first-order valence-corrected chi connectivity index (χ1v) is 7.41. The van der Waals surface area contributed by atoms with E-state index < -0.39 is 5.92 Å². The molecule has 1 aliphatic carbocycles. The van der Waals surface area contributed by atoms with Crippen LogP contribution in [0.2, 0.25) is 0 Å². The quantitative estimate of drug-likeness (QED) is 0.947. The Bertz CT molecular complexity index is 680. The van der Waals surface area contributed by atoms with E-state index in [4.69, 9.17) is 0 Å². The summed E-state index contributed by atoms with van der Waals surface area (Å²) in [7, 11) is 0. The molecule has 6 heteroatoms. The lowest BCUT2D eigenvalue weighted by Crippen LogP contribution is -2.34. The minimum Gasteiger partial charge on any atom is -0.350 e. The zero-order valence-electron chi connectivity index (χ0n) is 12.1. The minimum absolute atomic E-state index is 0.0916. The summed E-state index contributed by atoms with van der Waals surface area (Å²) in [6.07, 6.45) is 2.33. The lowest BCUT2D eigenvalue weighted by atomic mass is 9.87. The molecule has 116 valence electrons.